The monoisotopic (exact) mass is 342 g/mol. The molecule has 3 N–H and O–H groups in total. The highest BCUT2D eigenvalue weighted by molar-refractivity contribution is 5.94. The Balaban J connectivity index is 0.00000264. The fraction of sp³-hybridized carbons (Fsp3) is 0.588. The van der Waals surface area contributed by atoms with E-state index in [0.29, 0.717) is 13.2 Å². The van der Waals surface area contributed by atoms with Gasteiger partial charge in [0.2, 0.25) is 5.91 Å². The van der Waals surface area contributed by atoms with Crippen LogP contribution in [0.3, 0.4) is 0 Å². The van der Waals surface area contributed by atoms with E-state index in [1.165, 1.54) is 0 Å². The SMILES string of the molecule is CC(C)(C)Oc1ccc(NC(=O)C(N)C2CCOCC2)cc1.Cl. The average Bonchev–Trinajstić information content (AvgIpc) is 2.48. The van der Waals surface area contributed by atoms with Crippen molar-refractivity contribution in [1.29, 1.82) is 0 Å². The first-order valence-corrected chi connectivity index (χ1v) is 7.78. The minimum atomic E-state index is -0.491. The number of halogens is 1. The van der Waals surface area contributed by atoms with Crippen molar-refractivity contribution in [3.63, 3.8) is 0 Å². The second-order valence-electron chi connectivity index (χ2n) is 6.70. The number of nitrogens with two attached hydrogens (primary N) is 1. The zero-order chi connectivity index (χ0) is 16.2. The molecule has 1 heterocycles. The van der Waals surface area contributed by atoms with E-state index in [-0.39, 0.29) is 29.8 Å². The lowest BCUT2D eigenvalue weighted by molar-refractivity contribution is -0.119. The lowest BCUT2D eigenvalue weighted by Crippen LogP contribution is -2.43. The predicted octanol–water partition coefficient (Wildman–Crippen LogP) is 2.98. The normalized spacial score (nSPS) is 17.0. The average molecular weight is 343 g/mol. The van der Waals surface area contributed by atoms with Crippen molar-refractivity contribution in [2.24, 2.45) is 11.7 Å². The van der Waals surface area contributed by atoms with Crippen molar-refractivity contribution in [3.8, 4) is 5.75 Å². The Kier molecular flexibility index (Phi) is 7.32. The van der Waals surface area contributed by atoms with Gasteiger partial charge in [-0.05, 0) is 63.8 Å². The summed E-state index contributed by atoms with van der Waals surface area (Å²) >= 11 is 0. The van der Waals surface area contributed by atoms with E-state index in [1.54, 1.807) is 0 Å². The van der Waals surface area contributed by atoms with Gasteiger partial charge >= 0.3 is 0 Å². The van der Waals surface area contributed by atoms with Crippen LogP contribution in [0.1, 0.15) is 33.6 Å². The van der Waals surface area contributed by atoms with Crippen molar-refractivity contribution in [2.45, 2.75) is 45.3 Å². The number of carbonyl (C=O) groups excluding carboxylic acids is 1. The minimum absolute atomic E-state index is 0. The van der Waals surface area contributed by atoms with Gasteiger partial charge in [0.25, 0.3) is 0 Å². The molecule has 1 aromatic carbocycles. The van der Waals surface area contributed by atoms with Gasteiger partial charge in [0, 0.05) is 18.9 Å². The minimum Gasteiger partial charge on any atom is -0.488 e. The molecule has 23 heavy (non-hydrogen) atoms. The van der Waals surface area contributed by atoms with Crippen LogP contribution in [0, 0.1) is 5.92 Å². The molecule has 0 aromatic heterocycles. The Bertz CT molecular complexity index is 494. The Hall–Kier alpha value is -1.30. The molecule has 130 valence electrons. The molecular formula is C17H27ClN2O3. The molecule has 1 aromatic rings. The molecule has 0 aliphatic carbocycles. The molecule has 1 unspecified atom stereocenters. The van der Waals surface area contributed by atoms with E-state index in [0.717, 1.165) is 24.3 Å². The number of anilines is 1. The zero-order valence-electron chi connectivity index (χ0n) is 14.0. The fourth-order valence-corrected chi connectivity index (χ4v) is 2.47. The highest BCUT2D eigenvalue weighted by Gasteiger charge is 2.26. The van der Waals surface area contributed by atoms with Gasteiger partial charge in [0.1, 0.15) is 11.4 Å². The number of nitrogens with one attached hydrogen (secondary N) is 1. The molecule has 0 bridgehead atoms. The number of ether oxygens (including phenoxy) is 2. The maximum absolute atomic E-state index is 12.2. The largest absolute Gasteiger partial charge is 0.488 e. The summed E-state index contributed by atoms with van der Waals surface area (Å²) in [5.74, 6) is 0.827. The third-order valence-electron chi connectivity index (χ3n) is 3.62. The van der Waals surface area contributed by atoms with Crippen molar-refractivity contribution in [1.82, 2.24) is 0 Å². The lowest BCUT2D eigenvalue weighted by Gasteiger charge is -2.26. The Labute approximate surface area is 144 Å². The van der Waals surface area contributed by atoms with Gasteiger partial charge in [-0.15, -0.1) is 12.4 Å². The molecule has 0 spiro atoms. The maximum Gasteiger partial charge on any atom is 0.241 e. The smallest absolute Gasteiger partial charge is 0.241 e. The summed E-state index contributed by atoms with van der Waals surface area (Å²) < 4.78 is 11.1. The highest BCUT2D eigenvalue weighted by atomic mass is 35.5. The van der Waals surface area contributed by atoms with Gasteiger partial charge in [0.15, 0.2) is 0 Å². The summed E-state index contributed by atoms with van der Waals surface area (Å²) in [6, 6.07) is 6.86. The number of hydrogen-bond donors (Lipinski definition) is 2. The lowest BCUT2D eigenvalue weighted by atomic mass is 9.92. The molecular weight excluding hydrogens is 316 g/mol. The predicted molar refractivity (Wildman–Crippen MR) is 94.2 cm³/mol. The first kappa shape index (κ1) is 19.7. The van der Waals surface area contributed by atoms with E-state index in [2.05, 4.69) is 5.32 Å². The molecule has 0 radical (unpaired) electrons. The molecule has 0 saturated carbocycles. The second-order valence-corrected chi connectivity index (χ2v) is 6.70. The number of amides is 1. The van der Waals surface area contributed by atoms with Crippen molar-refractivity contribution in [2.75, 3.05) is 18.5 Å². The van der Waals surface area contributed by atoms with Gasteiger partial charge in [-0.1, -0.05) is 0 Å². The van der Waals surface area contributed by atoms with Gasteiger partial charge in [-0.2, -0.15) is 0 Å². The molecule has 6 heteroatoms. The second kappa shape index (κ2) is 8.52. The van der Waals surface area contributed by atoms with E-state index in [4.69, 9.17) is 15.2 Å². The number of rotatable bonds is 4. The number of hydrogen-bond acceptors (Lipinski definition) is 4. The molecule has 2 rings (SSSR count). The summed E-state index contributed by atoms with van der Waals surface area (Å²) in [6.45, 7) is 7.36. The molecule has 1 aliphatic heterocycles. The van der Waals surface area contributed by atoms with E-state index in [9.17, 15) is 4.79 Å². The molecule has 1 amide bonds. The number of benzene rings is 1. The van der Waals surface area contributed by atoms with E-state index in [1.807, 2.05) is 45.0 Å². The zero-order valence-corrected chi connectivity index (χ0v) is 14.8. The van der Waals surface area contributed by atoms with Crippen LogP contribution in [0.4, 0.5) is 5.69 Å². The number of carbonyl (C=O) groups is 1. The topological polar surface area (TPSA) is 73.6 Å². The standard InChI is InChI=1S/C17H26N2O3.ClH/c1-17(2,3)22-14-6-4-13(5-7-14)19-16(20)15(18)12-8-10-21-11-9-12;/h4-7,12,15H,8-11,18H2,1-3H3,(H,19,20);1H. The Morgan fingerprint density at radius 1 is 1.26 bits per heavy atom. The highest BCUT2D eigenvalue weighted by Crippen LogP contribution is 2.22. The van der Waals surface area contributed by atoms with Crippen LogP contribution < -0.4 is 15.8 Å². The summed E-state index contributed by atoms with van der Waals surface area (Å²) in [7, 11) is 0. The molecule has 1 fully saturated rings. The quantitative estimate of drug-likeness (QED) is 0.882. The third kappa shape index (κ3) is 6.37. The first-order valence-electron chi connectivity index (χ1n) is 7.78. The molecule has 1 saturated heterocycles. The molecule has 5 nitrogen and oxygen atoms in total. The van der Waals surface area contributed by atoms with Crippen LogP contribution in [-0.2, 0) is 9.53 Å². The third-order valence-corrected chi connectivity index (χ3v) is 3.62. The van der Waals surface area contributed by atoms with Gasteiger partial charge < -0.3 is 20.5 Å². The van der Waals surface area contributed by atoms with Gasteiger partial charge in [-0.3, -0.25) is 4.79 Å². The van der Waals surface area contributed by atoms with E-state index >= 15 is 0 Å². The molecule has 1 atom stereocenters. The van der Waals surface area contributed by atoms with Crippen LogP contribution in [-0.4, -0.2) is 30.8 Å². The summed E-state index contributed by atoms with van der Waals surface area (Å²) in [5, 5.41) is 2.87. The fourth-order valence-electron chi connectivity index (χ4n) is 2.47. The first-order chi connectivity index (χ1) is 10.3. The van der Waals surface area contributed by atoms with Crippen LogP contribution in [0.15, 0.2) is 24.3 Å². The van der Waals surface area contributed by atoms with Crippen molar-refractivity contribution < 1.29 is 14.3 Å². The van der Waals surface area contributed by atoms with E-state index < -0.39 is 6.04 Å². The van der Waals surface area contributed by atoms with Gasteiger partial charge in [-0.25, -0.2) is 0 Å². The van der Waals surface area contributed by atoms with Crippen LogP contribution in [0.25, 0.3) is 0 Å². The van der Waals surface area contributed by atoms with Crippen molar-refractivity contribution >= 4 is 24.0 Å². The van der Waals surface area contributed by atoms with Crippen LogP contribution in [0.2, 0.25) is 0 Å². The maximum atomic E-state index is 12.2. The Morgan fingerprint density at radius 3 is 2.35 bits per heavy atom. The van der Waals surface area contributed by atoms with Crippen LogP contribution >= 0.6 is 12.4 Å². The summed E-state index contributed by atoms with van der Waals surface area (Å²) in [6.07, 6.45) is 1.68. The Morgan fingerprint density at radius 2 is 1.83 bits per heavy atom. The van der Waals surface area contributed by atoms with Gasteiger partial charge in [0.05, 0.1) is 6.04 Å². The summed E-state index contributed by atoms with van der Waals surface area (Å²) in [5.41, 5.74) is 6.55. The summed E-state index contributed by atoms with van der Waals surface area (Å²) in [4.78, 5) is 12.2. The molecule has 1 aliphatic rings. The van der Waals surface area contributed by atoms with Crippen molar-refractivity contribution in [3.05, 3.63) is 24.3 Å². The van der Waals surface area contributed by atoms with Crippen LogP contribution in [0.5, 0.6) is 5.75 Å².